The number of aromatic nitrogens is 1. The van der Waals surface area contributed by atoms with Crippen molar-refractivity contribution in [3.05, 3.63) is 24.5 Å². The third kappa shape index (κ3) is 1.99. The maximum Gasteiger partial charge on any atom is 0.138 e. The van der Waals surface area contributed by atoms with Crippen molar-refractivity contribution in [1.29, 1.82) is 0 Å². The Bertz CT molecular complexity index is 384. The van der Waals surface area contributed by atoms with Crippen molar-refractivity contribution in [2.24, 2.45) is 17.8 Å². The highest BCUT2D eigenvalue weighted by Crippen LogP contribution is 2.44. The van der Waals surface area contributed by atoms with Crippen LogP contribution in [-0.4, -0.2) is 35.6 Å². The third-order valence-electron chi connectivity index (χ3n) is 4.61. The highest BCUT2D eigenvalue weighted by atomic mass is 35.5. The van der Waals surface area contributed by atoms with E-state index >= 15 is 0 Å². The molecule has 1 saturated carbocycles. The Labute approximate surface area is 114 Å². The van der Waals surface area contributed by atoms with Gasteiger partial charge in [0.15, 0.2) is 0 Å². The molecular weight excluding hydrogens is 248 g/mol. The number of ether oxygens (including phenoxy) is 1. The van der Waals surface area contributed by atoms with Crippen LogP contribution in [-0.2, 0) is 0 Å². The van der Waals surface area contributed by atoms with Gasteiger partial charge in [-0.1, -0.05) is 0 Å². The standard InChI is InChI=1S/C14H18N2O.ClH/c1-2-13(6-15-3-1)17-14-11-4-10-5-12(14)9-16(7-10)8-11;/h1-3,6,10-12,14H,4-5,7-9H2;1H/t10?,11-,12-,14?;/m0./s1. The monoisotopic (exact) mass is 266 g/mol. The maximum atomic E-state index is 6.20. The maximum absolute atomic E-state index is 6.20. The van der Waals surface area contributed by atoms with Gasteiger partial charge in [-0.15, -0.1) is 12.4 Å². The molecule has 4 heteroatoms. The summed E-state index contributed by atoms with van der Waals surface area (Å²) in [6.07, 6.45) is 6.82. The van der Waals surface area contributed by atoms with Crippen molar-refractivity contribution in [3.63, 3.8) is 0 Å². The Balaban J connectivity index is 0.000001000. The van der Waals surface area contributed by atoms with E-state index in [4.69, 9.17) is 4.74 Å². The predicted molar refractivity (Wildman–Crippen MR) is 72.0 cm³/mol. The highest BCUT2D eigenvalue weighted by Gasteiger charge is 2.48. The topological polar surface area (TPSA) is 25.4 Å². The molecule has 4 aliphatic rings. The fourth-order valence-corrected chi connectivity index (χ4v) is 4.13. The Morgan fingerprint density at radius 3 is 2.56 bits per heavy atom. The highest BCUT2D eigenvalue weighted by molar-refractivity contribution is 5.85. The molecule has 1 aromatic heterocycles. The number of rotatable bonds is 2. The van der Waals surface area contributed by atoms with E-state index in [9.17, 15) is 0 Å². The molecule has 3 nitrogen and oxygen atoms in total. The van der Waals surface area contributed by atoms with Gasteiger partial charge in [0.1, 0.15) is 11.9 Å². The van der Waals surface area contributed by atoms with Crippen LogP contribution in [0.5, 0.6) is 5.75 Å². The first-order valence-electron chi connectivity index (χ1n) is 6.67. The van der Waals surface area contributed by atoms with E-state index in [0.717, 1.165) is 23.5 Å². The normalized spacial score (nSPS) is 40.3. The summed E-state index contributed by atoms with van der Waals surface area (Å²) in [5.41, 5.74) is 0. The zero-order valence-corrected chi connectivity index (χ0v) is 11.2. The van der Waals surface area contributed by atoms with Gasteiger partial charge in [-0.05, 0) is 30.9 Å². The van der Waals surface area contributed by atoms with E-state index in [1.165, 1.54) is 32.5 Å². The molecule has 3 saturated heterocycles. The summed E-state index contributed by atoms with van der Waals surface area (Å²) < 4.78 is 6.20. The molecule has 0 N–H and O–H groups in total. The molecule has 4 heterocycles. The van der Waals surface area contributed by atoms with Crippen molar-refractivity contribution in [2.45, 2.75) is 18.9 Å². The van der Waals surface area contributed by atoms with E-state index in [-0.39, 0.29) is 12.4 Å². The second kappa shape index (κ2) is 4.71. The molecular formula is C14H19ClN2O. The molecule has 4 fully saturated rings. The van der Waals surface area contributed by atoms with Crippen LogP contribution >= 0.6 is 12.4 Å². The zero-order valence-electron chi connectivity index (χ0n) is 10.4. The molecule has 0 radical (unpaired) electrons. The molecule has 0 unspecified atom stereocenters. The Morgan fingerprint density at radius 2 is 1.94 bits per heavy atom. The van der Waals surface area contributed by atoms with Gasteiger partial charge in [0.25, 0.3) is 0 Å². The first kappa shape index (κ1) is 12.2. The average Bonchev–Trinajstić information content (AvgIpc) is 2.34. The van der Waals surface area contributed by atoms with Crippen molar-refractivity contribution in [1.82, 2.24) is 9.88 Å². The van der Waals surface area contributed by atoms with Crippen LogP contribution in [0.2, 0.25) is 0 Å². The molecule has 2 atom stereocenters. The van der Waals surface area contributed by atoms with E-state index < -0.39 is 0 Å². The second-order valence-electron chi connectivity index (χ2n) is 5.85. The third-order valence-corrected chi connectivity index (χ3v) is 4.61. The minimum atomic E-state index is 0. The fraction of sp³-hybridized carbons (Fsp3) is 0.643. The van der Waals surface area contributed by atoms with Crippen LogP contribution in [0, 0.1) is 17.8 Å². The molecule has 0 spiro atoms. The minimum Gasteiger partial charge on any atom is -0.488 e. The summed E-state index contributed by atoms with van der Waals surface area (Å²) in [6, 6.07) is 3.98. The van der Waals surface area contributed by atoms with E-state index in [1.807, 2.05) is 18.3 Å². The van der Waals surface area contributed by atoms with Gasteiger partial charge in [0.05, 0.1) is 6.20 Å². The van der Waals surface area contributed by atoms with Gasteiger partial charge < -0.3 is 9.64 Å². The average molecular weight is 267 g/mol. The van der Waals surface area contributed by atoms with E-state index in [1.54, 1.807) is 6.20 Å². The molecule has 98 valence electrons. The van der Waals surface area contributed by atoms with Gasteiger partial charge in [0, 0.05) is 37.7 Å². The number of hydrogen-bond acceptors (Lipinski definition) is 3. The van der Waals surface area contributed by atoms with Crippen LogP contribution in [0.3, 0.4) is 0 Å². The van der Waals surface area contributed by atoms with Crippen LogP contribution < -0.4 is 4.74 Å². The lowest BCUT2D eigenvalue weighted by molar-refractivity contribution is -0.0985. The molecule has 4 bridgehead atoms. The van der Waals surface area contributed by atoms with E-state index in [2.05, 4.69) is 9.88 Å². The Morgan fingerprint density at radius 1 is 1.17 bits per heavy atom. The molecule has 1 aliphatic carbocycles. The summed E-state index contributed by atoms with van der Waals surface area (Å²) in [4.78, 5) is 6.77. The van der Waals surface area contributed by atoms with E-state index in [0.29, 0.717) is 6.10 Å². The van der Waals surface area contributed by atoms with Gasteiger partial charge in [0.2, 0.25) is 0 Å². The largest absolute Gasteiger partial charge is 0.488 e. The lowest BCUT2D eigenvalue weighted by Crippen LogP contribution is -2.61. The summed E-state index contributed by atoms with van der Waals surface area (Å²) in [5.74, 6) is 3.39. The van der Waals surface area contributed by atoms with Gasteiger partial charge in [-0.2, -0.15) is 0 Å². The Kier molecular flexibility index (Phi) is 3.20. The molecule has 0 aromatic carbocycles. The number of pyridine rings is 1. The first-order chi connectivity index (χ1) is 8.38. The number of halogens is 1. The summed E-state index contributed by atoms with van der Waals surface area (Å²) in [7, 11) is 0. The quantitative estimate of drug-likeness (QED) is 0.821. The zero-order chi connectivity index (χ0) is 11.2. The predicted octanol–water partition coefficient (Wildman–Crippen LogP) is 2.22. The second-order valence-corrected chi connectivity index (χ2v) is 5.85. The first-order valence-corrected chi connectivity index (χ1v) is 6.67. The minimum absolute atomic E-state index is 0. The lowest BCUT2D eigenvalue weighted by Gasteiger charge is -2.55. The summed E-state index contributed by atoms with van der Waals surface area (Å²) >= 11 is 0. The van der Waals surface area contributed by atoms with Gasteiger partial charge in [-0.25, -0.2) is 0 Å². The summed E-state index contributed by atoms with van der Waals surface area (Å²) in [5, 5.41) is 0. The van der Waals surface area contributed by atoms with Crippen LogP contribution in [0.4, 0.5) is 0 Å². The Hall–Kier alpha value is -0.800. The van der Waals surface area contributed by atoms with Gasteiger partial charge >= 0.3 is 0 Å². The van der Waals surface area contributed by atoms with Crippen molar-refractivity contribution in [3.8, 4) is 5.75 Å². The lowest BCUT2D eigenvalue weighted by atomic mass is 9.66. The molecule has 1 aromatic rings. The molecule has 0 amide bonds. The molecule has 3 aliphatic heterocycles. The van der Waals surface area contributed by atoms with Crippen molar-refractivity contribution >= 4 is 12.4 Å². The summed E-state index contributed by atoms with van der Waals surface area (Å²) in [6.45, 7) is 3.84. The van der Waals surface area contributed by atoms with Crippen LogP contribution in [0.15, 0.2) is 24.5 Å². The number of hydrogen-bond donors (Lipinski definition) is 0. The molecule has 5 rings (SSSR count). The van der Waals surface area contributed by atoms with Crippen LogP contribution in [0.1, 0.15) is 12.8 Å². The van der Waals surface area contributed by atoms with Gasteiger partial charge in [-0.3, -0.25) is 4.98 Å². The molecule has 18 heavy (non-hydrogen) atoms. The van der Waals surface area contributed by atoms with Crippen LogP contribution in [0.25, 0.3) is 0 Å². The smallest absolute Gasteiger partial charge is 0.138 e. The number of nitrogens with zero attached hydrogens (tertiary/aromatic N) is 2. The fourth-order valence-electron chi connectivity index (χ4n) is 4.13. The van der Waals surface area contributed by atoms with Crippen molar-refractivity contribution < 1.29 is 4.74 Å². The van der Waals surface area contributed by atoms with Crippen molar-refractivity contribution in [2.75, 3.05) is 19.6 Å². The SMILES string of the molecule is Cl.c1cncc(OC2[C@H]3CC4C[C@H]2CN(C4)C3)c1. The number of piperidine rings is 3.